The summed E-state index contributed by atoms with van der Waals surface area (Å²) in [5.74, 6) is 0.854. The molecule has 1 atom stereocenters. The van der Waals surface area contributed by atoms with E-state index in [0.29, 0.717) is 5.56 Å². The molecule has 0 spiro atoms. The maximum Gasteiger partial charge on any atom is 0.119 e. The molecule has 0 N–H and O–H groups in total. The van der Waals surface area contributed by atoms with Crippen molar-refractivity contribution in [3.8, 4) is 11.8 Å². The summed E-state index contributed by atoms with van der Waals surface area (Å²) >= 11 is 0. The Labute approximate surface area is 133 Å². The molecule has 2 aliphatic rings. The second-order valence-electron chi connectivity index (χ2n) is 6.32. The van der Waals surface area contributed by atoms with Crippen molar-refractivity contribution < 1.29 is 4.74 Å². The molecule has 1 aromatic carbocycles. The van der Waals surface area contributed by atoms with Crippen LogP contribution >= 0.6 is 0 Å². The molecule has 0 saturated carbocycles. The molecule has 2 heterocycles. The topological polar surface area (TPSA) is 39.5 Å². The molecule has 118 valence electrons. The van der Waals surface area contributed by atoms with E-state index in [1.54, 1.807) is 12.1 Å². The van der Waals surface area contributed by atoms with E-state index in [0.717, 1.165) is 24.9 Å². The Morgan fingerprint density at radius 1 is 1.09 bits per heavy atom. The molecule has 2 fully saturated rings. The molecule has 1 aromatic rings. The van der Waals surface area contributed by atoms with Crippen molar-refractivity contribution in [3.05, 3.63) is 29.8 Å². The van der Waals surface area contributed by atoms with E-state index >= 15 is 0 Å². The first-order chi connectivity index (χ1) is 10.8. The summed E-state index contributed by atoms with van der Waals surface area (Å²) in [6.07, 6.45) is 5.40. The third-order valence-corrected chi connectivity index (χ3v) is 4.80. The Hall–Kier alpha value is -1.57. The number of hydrogen-bond acceptors (Lipinski definition) is 4. The lowest BCUT2D eigenvalue weighted by molar-refractivity contribution is 0.103. The number of benzene rings is 1. The standard InChI is InChI=1S/C18H25N3O/c19-14-16-5-7-18(8-6-16)22-13-12-20-9-3-4-17(15-20)21-10-1-2-11-21/h5-8,17H,1-4,9-13,15H2/t17-/m1/s1. The fourth-order valence-corrected chi connectivity index (χ4v) is 3.56. The predicted octanol–water partition coefficient (Wildman–Crippen LogP) is 2.50. The largest absolute Gasteiger partial charge is 0.492 e. The Bertz CT molecular complexity index is 502. The summed E-state index contributed by atoms with van der Waals surface area (Å²) in [5, 5.41) is 8.79. The summed E-state index contributed by atoms with van der Waals surface area (Å²) < 4.78 is 5.80. The van der Waals surface area contributed by atoms with Gasteiger partial charge in [0, 0.05) is 19.1 Å². The van der Waals surface area contributed by atoms with Crippen molar-refractivity contribution in [1.82, 2.24) is 9.80 Å². The smallest absolute Gasteiger partial charge is 0.119 e. The fraction of sp³-hybridized carbons (Fsp3) is 0.611. The predicted molar refractivity (Wildman–Crippen MR) is 86.9 cm³/mol. The van der Waals surface area contributed by atoms with E-state index in [4.69, 9.17) is 10.00 Å². The zero-order valence-corrected chi connectivity index (χ0v) is 13.2. The minimum atomic E-state index is 0.678. The minimum absolute atomic E-state index is 0.678. The molecule has 3 rings (SSSR count). The highest BCUT2D eigenvalue weighted by molar-refractivity contribution is 5.34. The number of piperidine rings is 1. The number of ether oxygens (including phenoxy) is 1. The van der Waals surface area contributed by atoms with Gasteiger partial charge >= 0.3 is 0 Å². The van der Waals surface area contributed by atoms with Gasteiger partial charge in [-0.3, -0.25) is 9.80 Å². The third-order valence-electron chi connectivity index (χ3n) is 4.80. The van der Waals surface area contributed by atoms with Crippen LogP contribution in [0.1, 0.15) is 31.2 Å². The van der Waals surface area contributed by atoms with Gasteiger partial charge in [0.15, 0.2) is 0 Å². The Morgan fingerprint density at radius 2 is 1.86 bits per heavy atom. The molecule has 0 amide bonds. The van der Waals surface area contributed by atoms with E-state index < -0.39 is 0 Å². The van der Waals surface area contributed by atoms with Crippen LogP contribution in [0.15, 0.2) is 24.3 Å². The highest BCUT2D eigenvalue weighted by Gasteiger charge is 2.26. The monoisotopic (exact) mass is 299 g/mol. The van der Waals surface area contributed by atoms with Gasteiger partial charge in [-0.25, -0.2) is 0 Å². The fourth-order valence-electron chi connectivity index (χ4n) is 3.56. The quantitative estimate of drug-likeness (QED) is 0.837. The molecule has 0 radical (unpaired) electrons. The second-order valence-corrected chi connectivity index (χ2v) is 6.32. The minimum Gasteiger partial charge on any atom is -0.492 e. The maximum absolute atomic E-state index is 8.79. The van der Waals surface area contributed by atoms with Gasteiger partial charge in [-0.1, -0.05) is 0 Å². The zero-order chi connectivity index (χ0) is 15.2. The van der Waals surface area contributed by atoms with Crippen LogP contribution < -0.4 is 4.74 Å². The SMILES string of the molecule is N#Cc1ccc(OCCN2CCC[C@@H](N3CCCC3)C2)cc1. The van der Waals surface area contributed by atoms with Crippen molar-refractivity contribution >= 4 is 0 Å². The molecule has 0 unspecified atom stereocenters. The third kappa shape index (κ3) is 4.00. The normalized spacial score (nSPS) is 23.3. The number of nitrogens with zero attached hydrogens (tertiary/aromatic N) is 3. The highest BCUT2D eigenvalue weighted by atomic mass is 16.5. The van der Waals surface area contributed by atoms with Crippen LogP contribution in [0, 0.1) is 11.3 Å². The van der Waals surface area contributed by atoms with Gasteiger partial charge in [0.2, 0.25) is 0 Å². The molecule has 2 saturated heterocycles. The van der Waals surface area contributed by atoms with Gasteiger partial charge in [0.05, 0.1) is 11.6 Å². The molecule has 0 bridgehead atoms. The van der Waals surface area contributed by atoms with Crippen molar-refractivity contribution in [3.63, 3.8) is 0 Å². The van der Waals surface area contributed by atoms with Crippen molar-refractivity contribution in [1.29, 1.82) is 5.26 Å². The molecule has 0 aliphatic carbocycles. The van der Waals surface area contributed by atoms with E-state index in [-0.39, 0.29) is 0 Å². The van der Waals surface area contributed by atoms with Gasteiger partial charge < -0.3 is 4.74 Å². The van der Waals surface area contributed by atoms with Crippen LogP contribution in [0.4, 0.5) is 0 Å². The second kappa shape index (κ2) is 7.62. The molecule has 22 heavy (non-hydrogen) atoms. The Morgan fingerprint density at radius 3 is 2.59 bits per heavy atom. The molecule has 4 heteroatoms. The first-order valence-corrected chi connectivity index (χ1v) is 8.44. The van der Waals surface area contributed by atoms with Crippen molar-refractivity contribution in [2.45, 2.75) is 31.7 Å². The summed E-state index contributed by atoms with van der Waals surface area (Å²) in [6.45, 7) is 6.68. The van der Waals surface area contributed by atoms with Crippen molar-refractivity contribution in [2.24, 2.45) is 0 Å². The highest BCUT2D eigenvalue weighted by Crippen LogP contribution is 2.20. The summed E-state index contributed by atoms with van der Waals surface area (Å²) in [5.41, 5.74) is 0.678. The van der Waals surface area contributed by atoms with Gasteiger partial charge in [-0.15, -0.1) is 0 Å². The van der Waals surface area contributed by atoms with Gasteiger partial charge in [-0.05, 0) is 69.6 Å². The zero-order valence-electron chi connectivity index (χ0n) is 13.2. The van der Waals surface area contributed by atoms with E-state index in [1.807, 2.05) is 12.1 Å². The van der Waals surface area contributed by atoms with E-state index in [9.17, 15) is 0 Å². The average Bonchev–Trinajstić information content (AvgIpc) is 3.10. The van der Waals surface area contributed by atoms with Crippen LogP contribution in [-0.2, 0) is 0 Å². The van der Waals surface area contributed by atoms with Gasteiger partial charge in [0.25, 0.3) is 0 Å². The number of rotatable bonds is 5. The Kier molecular flexibility index (Phi) is 5.31. The molecular formula is C18H25N3O. The molecule has 2 aliphatic heterocycles. The lowest BCUT2D eigenvalue weighted by atomic mass is 10.0. The summed E-state index contributed by atoms with van der Waals surface area (Å²) in [4.78, 5) is 5.21. The van der Waals surface area contributed by atoms with Gasteiger partial charge in [-0.2, -0.15) is 5.26 Å². The lowest BCUT2D eigenvalue weighted by Gasteiger charge is -2.37. The van der Waals surface area contributed by atoms with E-state index in [2.05, 4.69) is 15.9 Å². The molecular weight excluding hydrogens is 274 g/mol. The average molecular weight is 299 g/mol. The van der Waals surface area contributed by atoms with Crippen LogP contribution in [0.2, 0.25) is 0 Å². The van der Waals surface area contributed by atoms with Gasteiger partial charge in [0.1, 0.15) is 12.4 Å². The van der Waals surface area contributed by atoms with Crippen molar-refractivity contribution in [2.75, 3.05) is 39.3 Å². The Balaban J connectivity index is 1.41. The van der Waals surface area contributed by atoms with Crippen LogP contribution in [0.3, 0.4) is 0 Å². The molecule has 4 nitrogen and oxygen atoms in total. The number of hydrogen-bond donors (Lipinski definition) is 0. The number of nitriles is 1. The maximum atomic E-state index is 8.79. The van der Waals surface area contributed by atoms with Crippen LogP contribution in [0.5, 0.6) is 5.75 Å². The molecule has 0 aromatic heterocycles. The first-order valence-electron chi connectivity index (χ1n) is 8.44. The summed E-state index contributed by atoms with van der Waals surface area (Å²) in [7, 11) is 0. The van der Waals surface area contributed by atoms with E-state index in [1.165, 1.54) is 51.9 Å². The first kappa shape index (κ1) is 15.3. The van der Waals surface area contributed by atoms with Crippen LogP contribution in [0.25, 0.3) is 0 Å². The summed E-state index contributed by atoms with van der Waals surface area (Å²) in [6, 6.07) is 10.2. The number of likely N-dealkylation sites (tertiary alicyclic amines) is 2. The lowest BCUT2D eigenvalue weighted by Crippen LogP contribution is -2.47. The van der Waals surface area contributed by atoms with Crippen LogP contribution in [-0.4, -0.2) is 55.2 Å².